The Morgan fingerprint density at radius 1 is 1.20 bits per heavy atom. The second-order valence-electron chi connectivity index (χ2n) is 4.94. The summed E-state index contributed by atoms with van der Waals surface area (Å²) in [5.74, 6) is 1.57. The predicted octanol–water partition coefficient (Wildman–Crippen LogP) is 4.99. The fourth-order valence-corrected chi connectivity index (χ4v) is 2.74. The minimum absolute atomic E-state index is 0.652. The van der Waals surface area contributed by atoms with Crippen molar-refractivity contribution in [3.63, 3.8) is 0 Å². The lowest BCUT2D eigenvalue weighted by molar-refractivity contribution is 0.472. The van der Waals surface area contributed by atoms with Gasteiger partial charge in [-0.05, 0) is 59.7 Å². The molecule has 0 heterocycles. The first-order chi connectivity index (χ1) is 9.72. The van der Waals surface area contributed by atoms with Crippen LogP contribution in [0.1, 0.15) is 18.4 Å². The minimum atomic E-state index is 0.652. The number of benzene rings is 2. The molecule has 2 aromatic rings. The highest BCUT2D eigenvalue weighted by Crippen LogP contribution is 2.34. The van der Waals surface area contributed by atoms with Crippen molar-refractivity contribution in [1.82, 2.24) is 5.32 Å². The average molecular weight is 400 g/mol. The third-order valence-corrected chi connectivity index (χ3v) is 4.19. The van der Waals surface area contributed by atoms with Gasteiger partial charge in [0.15, 0.2) is 0 Å². The van der Waals surface area contributed by atoms with E-state index in [-0.39, 0.29) is 0 Å². The SMILES string of the molecule is Clc1cccc(CNC2CC2)c1Oc1cccc(I)c1. The fraction of sp³-hybridized carbons (Fsp3) is 0.250. The zero-order valence-electron chi connectivity index (χ0n) is 10.9. The van der Waals surface area contributed by atoms with Gasteiger partial charge in [-0.15, -0.1) is 0 Å². The molecule has 3 rings (SSSR count). The normalized spacial score (nSPS) is 14.3. The summed E-state index contributed by atoms with van der Waals surface area (Å²) >= 11 is 8.57. The molecule has 0 aromatic heterocycles. The van der Waals surface area contributed by atoms with Gasteiger partial charge < -0.3 is 10.1 Å². The van der Waals surface area contributed by atoms with Gasteiger partial charge in [0.1, 0.15) is 11.5 Å². The summed E-state index contributed by atoms with van der Waals surface area (Å²) in [6.07, 6.45) is 2.54. The Kier molecular flexibility index (Phi) is 4.48. The molecule has 0 unspecified atom stereocenters. The highest BCUT2D eigenvalue weighted by Gasteiger charge is 2.21. The van der Waals surface area contributed by atoms with Gasteiger partial charge in [-0.2, -0.15) is 0 Å². The van der Waals surface area contributed by atoms with Crippen LogP contribution in [0.25, 0.3) is 0 Å². The number of para-hydroxylation sites is 1. The molecule has 0 bridgehead atoms. The lowest BCUT2D eigenvalue weighted by Crippen LogP contribution is -2.15. The summed E-state index contributed by atoms with van der Waals surface area (Å²) in [4.78, 5) is 0. The van der Waals surface area contributed by atoms with Crippen LogP contribution in [0.4, 0.5) is 0 Å². The molecule has 0 spiro atoms. The van der Waals surface area contributed by atoms with E-state index >= 15 is 0 Å². The van der Waals surface area contributed by atoms with Crippen molar-refractivity contribution < 1.29 is 4.74 Å². The third kappa shape index (κ3) is 3.65. The number of halogens is 2. The van der Waals surface area contributed by atoms with Crippen molar-refractivity contribution in [2.75, 3.05) is 0 Å². The van der Waals surface area contributed by atoms with Gasteiger partial charge >= 0.3 is 0 Å². The topological polar surface area (TPSA) is 21.3 Å². The minimum Gasteiger partial charge on any atom is -0.455 e. The third-order valence-electron chi connectivity index (χ3n) is 3.22. The van der Waals surface area contributed by atoms with Crippen LogP contribution < -0.4 is 10.1 Å². The van der Waals surface area contributed by atoms with Crippen LogP contribution in [0.2, 0.25) is 5.02 Å². The molecule has 1 saturated carbocycles. The molecule has 0 amide bonds. The first kappa shape index (κ1) is 14.2. The monoisotopic (exact) mass is 399 g/mol. The first-order valence-electron chi connectivity index (χ1n) is 6.66. The maximum absolute atomic E-state index is 6.30. The van der Waals surface area contributed by atoms with Crippen LogP contribution in [0.3, 0.4) is 0 Å². The predicted molar refractivity (Wildman–Crippen MR) is 90.5 cm³/mol. The summed E-state index contributed by atoms with van der Waals surface area (Å²) in [6.45, 7) is 0.796. The molecule has 1 aliphatic carbocycles. The molecule has 104 valence electrons. The average Bonchev–Trinajstić information content (AvgIpc) is 3.24. The zero-order valence-corrected chi connectivity index (χ0v) is 13.8. The molecule has 1 N–H and O–H groups in total. The molecule has 1 aliphatic rings. The van der Waals surface area contributed by atoms with Gasteiger partial charge in [0.2, 0.25) is 0 Å². The Labute approximate surface area is 137 Å². The van der Waals surface area contributed by atoms with Crippen LogP contribution in [-0.2, 0) is 6.54 Å². The summed E-state index contributed by atoms with van der Waals surface area (Å²) in [7, 11) is 0. The van der Waals surface area contributed by atoms with E-state index in [1.165, 1.54) is 12.8 Å². The molecule has 0 saturated heterocycles. The lowest BCUT2D eigenvalue weighted by Gasteiger charge is -2.13. The fourth-order valence-electron chi connectivity index (χ4n) is 2.00. The van der Waals surface area contributed by atoms with Crippen LogP contribution in [0.15, 0.2) is 42.5 Å². The quantitative estimate of drug-likeness (QED) is 0.715. The van der Waals surface area contributed by atoms with E-state index in [0.29, 0.717) is 11.1 Å². The molecule has 20 heavy (non-hydrogen) atoms. The van der Waals surface area contributed by atoms with Crippen molar-refractivity contribution in [2.24, 2.45) is 0 Å². The summed E-state index contributed by atoms with van der Waals surface area (Å²) in [5, 5.41) is 4.15. The standard InChI is InChI=1S/C16H15ClINO/c17-15-6-1-3-11(10-19-13-7-8-13)16(15)20-14-5-2-4-12(18)9-14/h1-6,9,13,19H,7-8,10H2. The molecular formula is C16H15ClINO. The largest absolute Gasteiger partial charge is 0.455 e. The molecule has 2 aromatic carbocycles. The Balaban J connectivity index is 1.82. The highest BCUT2D eigenvalue weighted by atomic mass is 127. The smallest absolute Gasteiger partial charge is 0.150 e. The second-order valence-corrected chi connectivity index (χ2v) is 6.60. The summed E-state index contributed by atoms with van der Waals surface area (Å²) < 4.78 is 7.14. The first-order valence-corrected chi connectivity index (χ1v) is 8.12. The number of ether oxygens (including phenoxy) is 1. The molecule has 0 atom stereocenters. The Morgan fingerprint density at radius 2 is 2.00 bits per heavy atom. The van der Waals surface area contributed by atoms with Gasteiger partial charge in [0, 0.05) is 21.7 Å². The Bertz CT molecular complexity index is 613. The van der Waals surface area contributed by atoms with Crippen LogP contribution in [0, 0.1) is 3.57 Å². The van der Waals surface area contributed by atoms with E-state index < -0.39 is 0 Å². The maximum Gasteiger partial charge on any atom is 0.150 e. The summed E-state index contributed by atoms with van der Waals surface area (Å²) in [5.41, 5.74) is 1.10. The molecule has 0 radical (unpaired) electrons. The maximum atomic E-state index is 6.30. The van der Waals surface area contributed by atoms with Crippen molar-refractivity contribution in [3.05, 3.63) is 56.6 Å². The molecule has 0 aliphatic heterocycles. The van der Waals surface area contributed by atoms with Crippen LogP contribution >= 0.6 is 34.2 Å². The van der Waals surface area contributed by atoms with Crippen LogP contribution in [0.5, 0.6) is 11.5 Å². The highest BCUT2D eigenvalue weighted by molar-refractivity contribution is 14.1. The van der Waals surface area contributed by atoms with Gasteiger partial charge in [-0.1, -0.05) is 29.8 Å². The van der Waals surface area contributed by atoms with Gasteiger partial charge in [0.25, 0.3) is 0 Å². The van der Waals surface area contributed by atoms with Crippen molar-refractivity contribution in [1.29, 1.82) is 0 Å². The van der Waals surface area contributed by atoms with Gasteiger partial charge in [-0.3, -0.25) is 0 Å². The lowest BCUT2D eigenvalue weighted by atomic mass is 10.2. The van der Waals surface area contributed by atoms with E-state index in [1.54, 1.807) is 0 Å². The number of hydrogen-bond donors (Lipinski definition) is 1. The number of hydrogen-bond acceptors (Lipinski definition) is 2. The van der Waals surface area contributed by atoms with Gasteiger partial charge in [0.05, 0.1) is 5.02 Å². The van der Waals surface area contributed by atoms with Crippen molar-refractivity contribution >= 4 is 34.2 Å². The Morgan fingerprint density at radius 3 is 2.75 bits per heavy atom. The van der Waals surface area contributed by atoms with E-state index in [2.05, 4.69) is 34.0 Å². The molecule has 4 heteroatoms. The zero-order chi connectivity index (χ0) is 13.9. The van der Waals surface area contributed by atoms with Crippen molar-refractivity contribution in [2.45, 2.75) is 25.4 Å². The number of nitrogens with one attached hydrogen (secondary N) is 1. The van der Waals surface area contributed by atoms with E-state index in [0.717, 1.165) is 27.2 Å². The molecule has 2 nitrogen and oxygen atoms in total. The second kappa shape index (κ2) is 6.33. The Hall–Kier alpha value is -0.780. The molecular weight excluding hydrogens is 385 g/mol. The van der Waals surface area contributed by atoms with E-state index in [4.69, 9.17) is 16.3 Å². The number of rotatable bonds is 5. The molecule has 1 fully saturated rings. The van der Waals surface area contributed by atoms with E-state index in [1.807, 2.05) is 36.4 Å². The van der Waals surface area contributed by atoms with Gasteiger partial charge in [-0.25, -0.2) is 0 Å². The van der Waals surface area contributed by atoms with E-state index in [9.17, 15) is 0 Å². The summed E-state index contributed by atoms with van der Waals surface area (Å²) in [6, 6.07) is 14.5. The van der Waals surface area contributed by atoms with Crippen LogP contribution in [-0.4, -0.2) is 6.04 Å². The van der Waals surface area contributed by atoms with Crippen molar-refractivity contribution in [3.8, 4) is 11.5 Å².